The van der Waals surface area contributed by atoms with E-state index >= 15 is 0 Å². The van der Waals surface area contributed by atoms with E-state index in [4.69, 9.17) is 4.74 Å². The summed E-state index contributed by atoms with van der Waals surface area (Å²) in [5.41, 5.74) is 4.04. The van der Waals surface area contributed by atoms with Gasteiger partial charge in [-0.3, -0.25) is 10.1 Å². The first-order valence-corrected chi connectivity index (χ1v) is 14.9. The summed E-state index contributed by atoms with van der Waals surface area (Å²) in [4.78, 5) is 29.4. The molecule has 1 saturated heterocycles. The van der Waals surface area contributed by atoms with E-state index < -0.39 is 28.5 Å². The van der Waals surface area contributed by atoms with Gasteiger partial charge in [-0.25, -0.2) is 18.2 Å². The standard InChI is InChI=1S/C29H27N3O5S2/c33-27(19-37-28(34)24-13-15-25(16-14-24)39(35,36)32-17-5-2-6-18-32)31-29-30-26(20-38-29)23-11-9-22(10-12-23)21-7-3-1-4-8-21/h1,3-4,7-16,20H,2,5-6,17-19H2,(H,30,31,33). The van der Waals surface area contributed by atoms with Crippen LogP contribution in [0.5, 0.6) is 0 Å². The number of thiazole rings is 1. The zero-order chi connectivity index (χ0) is 27.2. The van der Waals surface area contributed by atoms with Gasteiger partial charge in [-0.05, 0) is 48.2 Å². The summed E-state index contributed by atoms with van der Waals surface area (Å²) in [6.45, 7) is 0.512. The molecule has 200 valence electrons. The molecular weight excluding hydrogens is 534 g/mol. The first kappa shape index (κ1) is 26.7. The predicted molar refractivity (Wildman–Crippen MR) is 151 cm³/mol. The summed E-state index contributed by atoms with van der Waals surface area (Å²) in [6, 6.07) is 23.7. The molecule has 1 fully saturated rings. The van der Waals surface area contributed by atoms with Crippen LogP contribution in [0.4, 0.5) is 5.13 Å². The molecule has 1 N–H and O–H groups in total. The van der Waals surface area contributed by atoms with Gasteiger partial charge in [0.05, 0.1) is 16.2 Å². The summed E-state index contributed by atoms with van der Waals surface area (Å²) >= 11 is 1.28. The second kappa shape index (κ2) is 11.9. The summed E-state index contributed by atoms with van der Waals surface area (Å²) < 4.78 is 32.1. The average Bonchev–Trinajstić information content (AvgIpc) is 3.45. The predicted octanol–water partition coefficient (Wildman–Crippen LogP) is 5.45. The van der Waals surface area contributed by atoms with Crippen molar-refractivity contribution < 1.29 is 22.7 Å². The monoisotopic (exact) mass is 561 g/mol. The first-order valence-electron chi connectivity index (χ1n) is 12.6. The second-order valence-corrected chi connectivity index (χ2v) is 11.9. The van der Waals surface area contributed by atoms with Crippen molar-refractivity contribution in [3.63, 3.8) is 0 Å². The van der Waals surface area contributed by atoms with Crippen LogP contribution in [-0.2, 0) is 19.6 Å². The number of amides is 1. The van der Waals surface area contributed by atoms with Crippen molar-refractivity contribution in [2.75, 3.05) is 25.0 Å². The number of ether oxygens (including phenoxy) is 1. The van der Waals surface area contributed by atoms with E-state index in [0.717, 1.165) is 41.6 Å². The largest absolute Gasteiger partial charge is 0.452 e. The Morgan fingerprint density at radius 1 is 0.846 bits per heavy atom. The number of hydrogen-bond acceptors (Lipinski definition) is 7. The lowest BCUT2D eigenvalue weighted by Gasteiger charge is -2.25. The molecule has 0 spiro atoms. The summed E-state index contributed by atoms with van der Waals surface area (Å²) in [7, 11) is -3.59. The number of piperidine rings is 1. The number of carbonyl (C=O) groups is 2. The number of rotatable bonds is 8. The molecule has 1 aliphatic rings. The third-order valence-corrected chi connectivity index (χ3v) is 9.09. The summed E-state index contributed by atoms with van der Waals surface area (Å²) in [5.74, 6) is -1.24. The maximum atomic E-state index is 12.8. The Hall–Kier alpha value is -3.86. The minimum absolute atomic E-state index is 0.132. The van der Waals surface area contributed by atoms with Crippen molar-refractivity contribution in [1.82, 2.24) is 9.29 Å². The molecule has 10 heteroatoms. The molecule has 1 amide bonds. The highest BCUT2D eigenvalue weighted by molar-refractivity contribution is 7.89. The van der Waals surface area contributed by atoms with Crippen LogP contribution in [-0.4, -0.2) is 49.3 Å². The van der Waals surface area contributed by atoms with Crippen molar-refractivity contribution in [2.45, 2.75) is 24.2 Å². The van der Waals surface area contributed by atoms with E-state index in [-0.39, 0.29) is 10.5 Å². The minimum atomic E-state index is -3.59. The van der Waals surface area contributed by atoms with E-state index in [1.807, 2.05) is 60.0 Å². The van der Waals surface area contributed by atoms with Crippen molar-refractivity contribution >= 4 is 38.4 Å². The molecule has 5 rings (SSSR count). The Morgan fingerprint density at radius 2 is 1.49 bits per heavy atom. The molecule has 0 saturated carbocycles. The molecule has 0 unspecified atom stereocenters. The Kier molecular flexibility index (Phi) is 8.16. The van der Waals surface area contributed by atoms with Gasteiger partial charge in [-0.1, -0.05) is 61.0 Å². The second-order valence-electron chi connectivity index (χ2n) is 9.09. The van der Waals surface area contributed by atoms with Crippen LogP contribution in [0.3, 0.4) is 0 Å². The van der Waals surface area contributed by atoms with Crippen molar-refractivity contribution in [3.8, 4) is 22.4 Å². The van der Waals surface area contributed by atoms with Crippen LogP contribution in [0.25, 0.3) is 22.4 Å². The van der Waals surface area contributed by atoms with Gasteiger partial charge >= 0.3 is 5.97 Å². The molecule has 3 aromatic carbocycles. The van der Waals surface area contributed by atoms with E-state index in [2.05, 4.69) is 10.3 Å². The van der Waals surface area contributed by atoms with Gasteiger partial charge < -0.3 is 4.74 Å². The number of sulfonamides is 1. The average molecular weight is 562 g/mol. The Labute approximate surface area is 231 Å². The fraction of sp³-hybridized carbons (Fsp3) is 0.207. The number of aromatic nitrogens is 1. The SMILES string of the molecule is O=C(COC(=O)c1ccc(S(=O)(=O)N2CCCCC2)cc1)Nc1nc(-c2ccc(-c3ccccc3)cc2)cs1. The van der Waals surface area contributed by atoms with Crippen LogP contribution in [0.1, 0.15) is 29.6 Å². The molecular formula is C29H27N3O5S2. The zero-order valence-corrected chi connectivity index (χ0v) is 22.7. The van der Waals surface area contributed by atoms with E-state index in [1.165, 1.54) is 39.9 Å². The smallest absolute Gasteiger partial charge is 0.338 e. The van der Waals surface area contributed by atoms with Gasteiger partial charge in [0.2, 0.25) is 10.0 Å². The molecule has 39 heavy (non-hydrogen) atoms. The molecule has 0 radical (unpaired) electrons. The molecule has 1 aliphatic heterocycles. The number of esters is 1. The number of benzene rings is 3. The van der Waals surface area contributed by atoms with Crippen LogP contribution in [0, 0.1) is 0 Å². The molecule has 1 aromatic heterocycles. The summed E-state index contributed by atoms with van der Waals surface area (Å²) in [6.07, 6.45) is 2.71. The van der Waals surface area contributed by atoms with Gasteiger partial charge in [-0.15, -0.1) is 11.3 Å². The van der Waals surface area contributed by atoms with Crippen LogP contribution in [0.2, 0.25) is 0 Å². The Balaban J connectivity index is 1.13. The Morgan fingerprint density at radius 3 is 2.18 bits per heavy atom. The number of nitrogens with zero attached hydrogens (tertiary/aromatic N) is 2. The number of anilines is 1. The molecule has 0 bridgehead atoms. The molecule has 0 aliphatic carbocycles. The lowest BCUT2D eigenvalue weighted by molar-refractivity contribution is -0.119. The maximum absolute atomic E-state index is 12.8. The van der Waals surface area contributed by atoms with Gasteiger partial charge in [-0.2, -0.15) is 4.31 Å². The van der Waals surface area contributed by atoms with Crippen LogP contribution >= 0.6 is 11.3 Å². The van der Waals surface area contributed by atoms with Crippen molar-refractivity contribution in [2.24, 2.45) is 0 Å². The number of hydrogen-bond donors (Lipinski definition) is 1. The number of nitrogens with one attached hydrogen (secondary N) is 1. The van der Waals surface area contributed by atoms with E-state index in [0.29, 0.717) is 18.2 Å². The molecule has 2 heterocycles. The molecule has 8 nitrogen and oxygen atoms in total. The van der Waals surface area contributed by atoms with Gasteiger partial charge in [0.1, 0.15) is 0 Å². The maximum Gasteiger partial charge on any atom is 0.338 e. The number of carbonyl (C=O) groups excluding carboxylic acids is 2. The topological polar surface area (TPSA) is 106 Å². The first-order chi connectivity index (χ1) is 18.9. The zero-order valence-electron chi connectivity index (χ0n) is 21.1. The minimum Gasteiger partial charge on any atom is -0.452 e. The third-order valence-electron chi connectivity index (χ3n) is 6.42. The fourth-order valence-electron chi connectivity index (χ4n) is 4.31. The quantitative estimate of drug-likeness (QED) is 0.287. The third kappa shape index (κ3) is 6.42. The van der Waals surface area contributed by atoms with Crippen LogP contribution < -0.4 is 5.32 Å². The van der Waals surface area contributed by atoms with E-state index in [9.17, 15) is 18.0 Å². The molecule has 0 atom stereocenters. The molecule has 4 aromatic rings. The van der Waals surface area contributed by atoms with Crippen LogP contribution in [0.15, 0.2) is 89.1 Å². The van der Waals surface area contributed by atoms with Crippen molar-refractivity contribution in [1.29, 1.82) is 0 Å². The van der Waals surface area contributed by atoms with Gasteiger partial charge in [0, 0.05) is 24.0 Å². The lowest BCUT2D eigenvalue weighted by Crippen LogP contribution is -2.35. The van der Waals surface area contributed by atoms with E-state index in [1.54, 1.807) is 0 Å². The lowest BCUT2D eigenvalue weighted by atomic mass is 10.0. The highest BCUT2D eigenvalue weighted by atomic mass is 32.2. The normalized spacial score (nSPS) is 14.1. The van der Waals surface area contributed by atoms with Gasteiger partial charge in [0.25, 0.3) is 5.91 Å². The van der Waals surface area contributed by atoms with Gasteiger partial charge in [0.15, 0.2) is 11.7 Å². The fourth-order valence-corrected chi connectivity index (χ4v) is 6.57. The van der Waals surface area contributed by atoms with Crippen molar-refractivity contribution in [3.05, 3.63) is 89.8 Å². The highest BCUT2D eigenvalue weighted by Crippen LogP contribution is 2.28. The highest BCUT2D eigenvalue weighted by Gasteiger charge is 2.26. The summed E-state index contributed by atoms with van der Waals surface area (Å²) in [5, 5.41) is 4.89. The Bertz CT molecular complexity index is 1540.